The molecule has 3 aromatic carbocycles. The van der Waals surface area contributed by atoms with Gasteiger partial charge in [-0.05, 0) is 78.8 Å². The Morgan fingerprint density at radius 2 is 1.57 bits per heavy atom. The zero-order chi connectivity index (χ0) is 21.3. The van der Waals surface area contributed by atoms with E-state index < -0.39 is 17.5 Å². The van der Waals surface area contributed by atoms with Gasteiger partial charge in [-0.2, -0.15) is 0 Å². The van der Waals surface area contributed by atoms with Crippen molar-refractivity contribution in [2.45, 2.75) is 44.9 Å². The zero-order valence-electron chi connectivity index (χ0n) is 16.7. The molecule has 4 rings (SSSR count). The Labute approximate surface area is 173 Å². The van der Waals surface area contributed by atoms with Crippen molar-refractivity contribution in [2.24, 2.45) is 5.92 Å². The molecule has 0 amide bonds. The van der Waals surface area contributed by atoms with Gasteiger partial charge in [0.05, 0.1) is 5.56 Å². The third-order valence-electron chi connectivity index (χ3n) is 6.20. The van der Waals surface area contributed by atoms with Gasteiger partial charge < -0.3 is 0 Å². The van der Waals surface area contributed by atoms with Crippen LogP contribution in [0.5, 0.6) is 0 Å². The first kappa shape index (κ1) is 20.5. The van der Waals surface area contributed by atoms with Gasteiger partial charge in [-0.3, -0.25) is 0 Å². The molecule has 0 atom stereocenters. The van der Waals surface area contributed by atoms with E-state index in [9.17, 15) is 17.6 Å². The number of benzene rings is 3. The number of hydrogen-bond donors (Lipinski definition) is 0. The molecule has 0 heterocycles. The second-order valence-electron chi connectivity index (χ2n) is 8.04. The number of hydrogen-bond acceptors (Lipinski definition) is 0. The molecule has 0 spiro atoms. The molecule has 1 saturated carbocycles. The molecule has 0 aliphatic heterocycles. The lowest BCUT2D eigenvalue weighted by Gasteiger charge is -2.28. The summed E-state index contributed by atoms with van der Waals surface area (Å²) >= 11 is 0. The Balaban J connectivity index is 1.56. The predicted octanol–water partition coefficient (Wildman–Crippen LogP) is 7.48. The van der Waals surface area contributed by atoms with Crippen LogP contribution in [-0.4, -0.2) is 0 Å². The summed E-state index contributed by atoms with van der Waals surface area (Å²) in [6.07, 6.45) is 5.77. The highest BCUT2D eigenvalue weighted by atomic mass is 19.2. The molecule has 154 valence electrons. The van der Waals surface area contributed by atoms with Gasteiger partial charge >= 0.3 is 0 Å². The van der Waals surface area contributed by atoms with Gasteiger partial charge in [-0.1, -0.05) is 37.3 Å². The zero-order valence-corrected chi connectivity index (χ0v) is 16.7. The lowest BCUT2D eigenvalue weighted by atomic mass is 9.78. The van der Waals surface area contributed by atoms with Crippen LogP contribution in [0.2, 0.25) is 0 Å². The summed E-state index contributed by atoms with van der Waals surface area (Å²) in [5.41, 5.74) is 1.76. The first-order valence-corrected chi connectivity index (χ1v) is 10.3. The highest BCUT2D eigenvalue weighted by Gasteiger charge is 2.21. The van der Waals surface area contributed by atoms with E-state index in [1.807, 2.05) is 6.07 Å². The number of fused-ring (bicyclic) bond motifs is 1. The van der Waals surface area contributed by atoms with Crippen LogP contribution < -0.4 is 0 Å². The Kier molecular flexibility index (Phi) is 5.81. The van der Waals surface area contributed by atoms with Crippen LogP contribution in [0.1, 0.15) is 61.6 Å². The van der Waals surface area contributed by atoms with Crippen LogP contribution in [0.4, 0.5) is 17.6 Å². The normalized spacial score (nSPS) is 18.8. The first-order valence-electron chi connectivity index (χ1n) is 10.3. The van der Waals surface area contributed by atoms with E-state index >= 15 is 0 Å². The van der Waals surface area contributed by atoms with Crippen LogP contribution >= 0.6 is 0 Å². The molecule has 0 N–H and O–H groups in total. The Morgan fingerprint density at radius 3 is 2.27 bits per heavy atom. The van der Waals surface area contributed by atoms with Crippen molar-refractivity contribution in [3.63, 3.8) is 0 Å². The third kappa shape index (κ3) is 4.07. The van der Waals surface area contributed by atoms with E-state index in [1.165, 1.54) is 37.5 Å². The maximum absolute atomic E-state index is 14.6. The number of halogens is 4. The highest BCUT2D eigenvalue weighted by Crippen LogP contribution is 2.37. The molecule has 0 nitrogen and oxygen atoms in total. The third-order valence-corrected chi connectivity index (χ3v) is 6.20. The van der Waals surface area contributed by atoms with E-state index in [-0.39, 0.29) is 22.2 Å². The van der Waals surface area contributed by atoms with Gasteiger partial charge in [0, 0.05) is 10.9 Å². The Hall–Kier alpha value is -2.80. The molecule has 0 radical (unpaired) electrons. The summed E-state index contributed by atoms with van der Waals surface area (Å²) in [6.45, 7) is 2.22. The Bertz CT molecular complexity index is 1150. The minimum absolute atomic E-state index is 0.0206. The van der Waals surface area contributed by atoms with Crippen molar-refractivity contribution >= 4 is 10.8 Å². The molecule has 1 aliphatic carbocycles. The van der Waals surface area contributed by atoms with Crippen molar-refractivity contribution in [1.82, 2.24) is 0 Å². The standard InChI is InChI=1S/C26H22F4/c1-2-16-3-7-18(8-4-16)20-11-10-19(23(27)14-20)9-5-17-6-12-22-21(13-17)15-24(28)26(30)25(22)29/h6,10-16,18H,2-4,7-8H2,1H3. The van der Waals surface area contributed by atoms with Crippen molar-refractivity contribution in [1.29, 1.82) is 0 Å². The summed E-state index contributed by atoms with van der Waals surface area (Å²) in [4.78, 5) is 0. The lowest BCUT2D eigenvalue weighted by molar-refractivity contribution is 0.318. The molecule has 30 heavy (non-hydrogen) atoms. The van der Waals surface area contributed by atoms with Gasteiger partial charge in [-0.25, -0.2) is 17.6 Å². The minimum Gasteiger partial charge on any atom is -0.206 e. The van der Waals surface area contributed by atoms with Gasteiger partial charge in [0.2, 0.25) is 0 Å². The maximum Gasteiger partial charge on any atom is 0.195 e. The monoisotopic (exact) mass is 410 g/mol. The van der Waals surface area contributed by atoms with E-state index in [2.05, 4.69) is 18.8 Å². The summed E-state index contributed by atoms with van der Waals surface area (Å²) < 4.78 is 55.3. The molecule has 0 unspecified atom stereocenters. The minimum atomic E-state index is -1.49. The molecule has 4 heteroatoms. The average molecular weight is 410 g/mol. The van der Waals surface area contributed by atoms with Gasteiger partial charge in [0.25, 0.3) is 0 Å². The number of rotatable bonds is 2. The molecule has 0 aromatic heterocycles. The first-order chi connectivity index (χ1) is 14.5. The summed E-state index contributed by atoms with van der Waals surface area (Å²) in [7, 11) is 0. The second-order valence-corrected chi connectivity index (χ2v) is 8.04. The van der Waals surface area contributed by atoms with Crippen molar-refractivity contribution in [3.8, 4) is 11.8 Å². The van der Waals surface area contributed by atoms with Crippen molar-refractivity contribution in [2.75, 3.05) is 0 Å². The van der Waals surface area contributed by atoms with E-state index in [0.717, 1.165) is 30.4 Å². The second kappa shape index (κ2) is 8.52. The molecule has 0 saturated heterocycles. The van der Waals surface area contributed by atoms with Gasteiger partial charge in [-0.15, -0.1) is 0 Å². The van der Waals surface area contributed by atoms with Gasteiger partial charge in [0.1, 0.15) is 5.82 Å². The largest absolute Gasteiger partial charge is 0.206 e. The van der Waals surface area contributed by atoms with Crippen LogP contribution in [-0.2, 0) is 0 Å². The maximum atomic E-state index is 14.6. The van der Waals surface area contributed by atoms with Crippen LogP contribution in [0.25, 0.3) is 10.8 Å². The SMILES string of the molecule is CCC1CCC(c2ccc(C#Cc3ccc4c(F)c(F)c(F)cc4c3)c(F)c2)CC1. The molecule has 3 aromatic rings. The van der Waals surface area contributed by atoms with Crippen LogP contribution in [0, 0.1) is 41.0 Å². The Morgan fingerprint density at radius 1 is 0.800 bits per heavy atom. The summed E-state index contributed by atoms with van der Waals surface area (Å²) in [5.74, 6) is 2.48. The molecular formula is C26H22F4. The fourth-order valence-corrected chi connectivity index (χ4v) is 4.31. The molecule has 0 bridgehead atoms. The summed E-state index contributed by atoms with van der Waals surface area (Å²) in [5, 5.41) is 0.185. The molecule has 1 fully saturated rings. The van der Waals surface area contributed by atoms with Crippen molar-refractivity contribution in [3.05, 3.63) is 82.4 Å². The molecule has 1 aliphatic rings. The fourth-order valence-electron chi connectivity index (χ4n) is 4.31. The highest BCUT2D eigenvalue weighted by molar-refractivity contribution is 5.84. The smallest absolute Gasteiger partial charge is 0.195 e. The average Bonchev–Trinajstić information content (AvgIpc) is 2.76. The van der Waals surface area contributed by atoms with E-state index in [1.54, 1.807) is 12.1 Å². The quantitative estimate of drug-likeness (QED) is 0.233. The van der Waals surface area contributed by atoms with Crippen molar-refractivity contribution < 1.29 is 17.6 Å². The van der Waals surface area contributed by atoms with Crippen LogP contribution in [0.15, 0.2) is 42.5 Å². The molecular weight excluding hydrogens is 388 g/mol. The predicted molar refractivity (Wildman–Crippen MR) is 111 cm³/mol. The van der Waals surface area contributed by atoms with Crippen LogP contribution in [0.3, 0.4) is 0 Å². The summed E-state index contributed by atoms with van der Waals surface area (Å²) in [6, 6.07) is 10.5. The van der Waals surface area contributed by atoms with E-state index in [4.69, 9.17) is 0 Å². The fraction of sp³-hybridized carbons (Fsp3) is 0.308. The van der Waals surface area contributed by atoms with E-state index in [0.29, 0.717) is 11.5 Å². The topological polar surface area (TPSA) is 0 Å². The lowest BCUT2D eigenvalue weighted by Crippen LogP contribution is -2.12. The van der Waals surface area contributed by atoms with Gasteiger partial charge in [0.15, 0.2) is 17.5 Å².